The fourth-order valence-electron chi connectivity index (χ4n) is 3.06. The predicted molar refractivity (Wildman–Crippen MR) is 94.2 cm³/mol. The number of carbonyl (C=O) groups is 1. The quantitative estimate of drug-likeness (QED) is 0.876. The summed E-state index contributed by atoms with van der Waals surface area (Å²) in [5.74, 6) is 1.20. The zero-order valence-corrected chi connectivity index (χ0v) is 14.7. The molecule has 1 aromatic carbocycles. The average Bonchev–Trinajstić information content (AvgIpc) is 2.53. The Balaban J connectivity index is 1.84. The lowest BCUT2D eigenvalue weighted by Crippen LogP contribution is -2.44. The van der Waals surface area contributed by atoms with Gasteiger partial charge >= 0.3 is 6.03 Å². The van der Waals surface area contributed by atoms with E-state index in [1.807, 2.05) is 25.1 Å². The van der Waals surface area contributed by atoms with Crippen molar-refractivity contribution in [1.82, 2.24) is 10.2 Å². The molecule has 2 rings (SSSR count). The van der Waals surface area contributed by atoms with Crippen LogP contribution in [0.2, 0.25) is 0 Å². The second-order valence-electron chi connectivity index (χ2n) is 6.64. The molecule has 128 valence electrons. The molecule has 2 N–H and O–H groups in total. The molecule has 1 unspecified atom stereocenters. The molecule has 0 aromatic heterocycles. The Hall–Kier alpha value is -1.75. The highest BCUT2D eigenvalue weighted by molar-refractivity contribution is 5.91. The molecule has 5 heteroatoms. The van der Waals surface area contributed by atoms with Gasteiger partial charge in [0.2, 0.25) is 0 Å². The summed E-state index contributed by atoms with van der Waals surface area (Å²) < 4.78 is 5.29. The minimum Gasteiger partial charge on any atom is -0.495 e. The van der Waals surface area contributed by atoms with Gasteiger partial charge in [-0.3, -0.25) is 0 Å². The van der Waals surface area contributed by atoms with E-state index in [-0.39, 0.29) is 6.03 Å². The summed E-state index contributed by atoms with van der Waals surface area (Å²) in [5.41, 5.74) is 1.79. The fraction of sp³-hybridized carbons (Fsp3) is 0.611. The van der Waals surface area contributed by atoms with Gasteiger partial charge in [-0.1, -0.05) is 6.07 Å². The van der Waals surface area contributed by atoms with E-state index in [1.165, 1.54) is 19.4 Å². The van der Waals surface area contributed by atoms with Gasteiger partial charge in [0.1, 0.15) is 5.75 Å². The van der Waals surface area contributed by atoms with Crippen molar-refractivity contribution in [1.29, 1.82) is 0 Å². The Morgan fingerprint density at radius 3 is 2.91 bits per heavy atom. The van der Waals surface area contributed by atoms with Crippen LogP contribution in [0.5, 0.6) is 5.75 Å². The number of methoxy groups -OCH3 is 1. The molecule has 5 nitrogen and oxygen atoms in total. The molecule has 1 fully saturated rings. The van der Waals surface area contributed by atoms with Gasteiger partial charge in [-0.2, -0.15) is 0 Å². The molecule has 1 aliphatic heterocycles. The molecule has 1 atom stereocenters. The minimum absolute atomic E-state index is 0.171. The van der Waals surface area contributed by atoms with Crippen LogP contribution in [0.25, 0.3) is 0 Å². The number of carbonyl (C=O) groups excluding carboxylic acids is 1. The first kappa shape index (κ1) is 17.6. The Kier molecular flexibility index (Phi) is 6.28. The Bertz CT molecular complexity index is 531. The van der Waals surface area contributed by atoms with E-state index in [4.69, 9.17) is 4.74 Å². The van der Waals surface area contributed by atoms with Crippen LogP contribution in [-0.2, 0) is 0 Å². The van der Waals surface area contributed by atoms with Crippen molar-refractivity contribution in [2.24, 2.45) is 5.92 Å². The first-order valence-electron chi connectivity index (χ1n) is 8.43. The molecule has 23 heavy (non-hydrogen) atoms. The molecule has 1 aromatic rings. The number of ether oxygens (including phenoxy) is 1. The number of nitrogens with zero attached hydrogens (tertiary/aromatic N) is 1. The maximum Gasteiger partial charge on any atom is 0.319 e. The summed E-state index contributed by atoms with van der Waals surface area (Å²) in [5, 5.41) is 5.89. The summed E-state index contributed by atoms with van der Waals surface area (Å²) in [4.78, 5) is 14.6. The van der Waals surface area contributed by atoms with Gasteiger partial charge in [-0.15, -0.1) is 0 Å². The van der Waals surface area contributed by atoms with Gasteiger partial charge in [0.25, 0.3) is 0 Å². The van der Waals surface area contributed by atoms with Gasteiger partial charge in [-0.25, -0.2) is 4.79 Å². The average molecular weight is 319 g/mol. The highest BCUT2D eigenvalue weighted by Crippen LogP contribution is 2.25. The number of hydrogen-bond donors (Lipinski definition) is 2. The summed E-state index contributed by atoms with van der Waals surface area (Å²) in [6.45, 7) is 9.39. The van der Waals surface area contributed by atoms with Crippen LogP contribution in [0.1, 0.15) is 32.3 Å². The highest BCUT2D eigenvalue weighted by Gasteiger charge is 2.22. The third-order valence-electron chi connectivity index (χ3n) is 4.44. The maximum absolute atomic E-state index is 12.2. The van der Waals surface area contributed by atoms with Crippen LogP contribution in [0, 0.1) is 12.8 Å². The van der Waals surface area contributed by atoms with Crippen molar-refractivity contribution in [2.75, 3.05) is 32.1 Å². The number of hydrogen-bond acceptors (Lipinski definition) is 3. The number of aryl methyl sites for hydroxylation is 1. The summed E-state index contributed by atoms with van der Waals surface area (Å²) >= 11 is 0. The molecule has 0 radical (unpaired) electrons. The number of rotatable bonds is 5. The molecule has 1 heterocycles. The van der Waals surface area contributed by atoms with Crippen LogP contribution < -0.4 is 15.4 Å². The van der Waals surface area contributed by atoms with Crippen molar-refractivity contribution in [3.05, 3.63) is 23.8 Å². The number of anilines is 1. The predicted octanol–water partition coefficient (Wildman–Crippen LogP) is 3.25. The van der Waals surface area contributed by atoms with E-state index < -0.39 is 0 Å². The van der Waals surface area contributed by atoms with E-state index >= 15 is 0 Å². The SMILES string of the molecule is COc1ccc(C)cc1NC(=O)NCC1CCCN(C(C)C)C1. The van der Waals surface area contributed by atoms with Crippen LogP contribution in [0.15, 0.2) is 18.2 Å². The molecule has 0 bridgehead atoms. The third-order valence-corrected chi connectivity index (χ3v) is 4.44. The topological polar surface area (TPSA) is 53.6 Å². The van der Waals surface area contributed by atoms with Crippen molar-refractivity contribution >= 4 is 11.7 Å². The molecule has 0 aliphatic carbocycles. The maximum atomic E-state index is 12.2. The van der Waals surface area contributed by atoms with Crippen molar-refractivity contribution in [2.45, 2.75) is 39.7 Å². The van der Waals surface area contributed by atoms with Crippen molar-refractivity contribution < 1.29 is 9.53 Å². The summed E-state index contributed by atoms with van der Waals surface area (Å²) in [6.07, 6.45) is 2.38. The van der Waals surface area contributed by atoms with Crippen LogP contribution >= 0.6 is 0 Å². The van der Waals surface area contributed by atoms with E-state index in [0.717, 1.165) is 12.1 Å². The second kappa shape index (κ2) is 8.20. The van der Waals surface area contributed by atoms with E-state index in [2.05, 4.69) is 29.4 Å². The van der Waals surface area contributed by atoms with Gasteiger partial charge in [-0.05, 0) is 63.8 Å². The van der Waals surface area contributed by atoms with Gasteiger partial charge in [0.05, 0.1) is 12.8 Å². The standard InChI is InChI=1S/C18H29N3O2/c1-13(2)21-9-5-6-15(12-21)11-19-18(22)20-16-10-14(3)7-8-17(16)23-4/h7-8,10,13,15H,5-6,9,11-12H2,1-4H3,(H2,19,20,22). The highest BCUT2D eigenvalue weighted by atomic mass is 16.5. The lowest BCUT2D eigenvalue weighted by molar-refractivity contribution is 0.139. The zero-order chi connectivity index (χ0) is 16.8. The Morgan fingerprint density at radius 2 is 2.22 bits per heavy atom. The van der Waals surface area contributed by atoms with Gasteiger partial charge < -0.3 is 20.3 Å². The molecule has 1 aliphatic rings. The molecular formula is C18H29N3O2. The fourth-order valence-corrected chi connectivity index (χ4v) is 3.06. The van der Waals surface area contributed by atoms with Crippen LogP contribution in [-0.4, -0.2) is 43.7 Å². The first-order valence-corrected chi connectivity index (χ1v) is 8.43. The number of urea groups is 1. The lowest BCUT2D eigenvalue weighted by Gasteiger charge is -2.35. The minimum atomic E-state index is -0.171. The Labute approximate surface area is 139 Å². The smallest absolute Gasteiger partial charge is 0.319 e. The number of amides is 2. The first-order chi connectivity index (χ1) is 11.0. The zero-order valence-electron chi connectivity index (χ0n) is 14.7. The number of nitrogens with one attached hydrogen (secondary N) is 2. The van der Waals surface area contributed by atoms with Crippen LogP contribution in [0.3, 0.4) is 0 Å². The third kappa shape index (κ3) is 5.13. The van der Waals surface area contributed by atoms with Crippen molar-refractivity contribution in [3.8, 4) is 5.75 Å². The monoisotopic (exact) mass is 319 g/mol. The molecule has 1 saturated heterocycles. The van der Waals surface area contributed by atoms with E-state index in [9.17, 15) is 4.79 Å². The van der Waals surface area contributed by atoms with Crippen molar-refractivity contribution in [3.63, 3.8) is 0 Å². The summed E-state index contributed by atoms with van der Waals surface area (Å²) in [6, 6.07) is 6.15. The molecule has 0 spiro atoms. The largest absolute Gasteiger partial charge is 0.495 e. The normalized spacial score (nSPS) is 18.7. The number of benzene rings is 1. The van der Waals surface area contributed by atoms with E-state index in [1.54, 1.807) is 7.11 Å². The molecular weight excluding hydrogens is 290 g/mol. The van der Waals surface area contributed by atoms with Gasteiger partial charge in [0.15, 0.2) is 0 Å². The van der Waals surface area contributed by atoms with Crippen LogP contribution in [0.4, 0.5) is 10.5 Å². The number of piperidine rings is 1. The molecule has 2 amide bonds. The Morgan fingerprint density at radius 1 is 1.43 bits per heavy atom. The summed E-state index contributed by atoms with van der Waals surface area (Å²) in [7, 11) is 1.61. The van der Waals surface area contributed by atoms with E-state index in [0.29, 0.717) is 29.9 Å². The molecule has 0 saturated carbocycles. The number of likely N-dealkylation sites (tertiary alicyclic amines) is 1. The lowest BCUT2D eigenvalue weighted by atomic mass is 9.97. The van der Waals surface area contributed by atoms with Gasteiger partial charge in [0, 0.05) is 19.1 Å². The second-order valence-corrected chi connectivity index (χ2v) is 6.64.